The van der Waals surface area contributed by atoms with Gasteiger partial charge in [-0.15, -0.1) is 0 Å². The fraction of sp³-hybridized carbons (Fsp3) is 0.444. The van der Waals surface area contributed by atoms with Gasteiger partial charge in [0.1, 0.15) is 5.69 Å². The van der Waals surface area contributed by atoms with E-state index in [1.807, 2.05) is 18.4 Å². The van der Waals surface area contributed by atoms with Crippen LogP contribution in [0.3, 0.4) is 0 Å². The summed E-state index contributed by atoms with van der Waals surface area (Å²) in [5, 5.41) is 3.10. The minimum atomic E-state index is 0.0311. The topological polar surface area (TPSA) is 34.0 Å². The second-order valence-corrected chi connectivity index (χ2v) is 3.74. The fourth-order valence-electron chi connectivity index (χ4n) is 1.02. The average Bonchev–Trinajstić information content (AvgIpc) is 2.13. The Hall–Kier alpha value is -0.900. The maximum atomic E-state index is 11.5. The van der Waals surface area contributed by atoms with Crippen LogP contribution in [0, 0.1) is 0 Å². The van der Waals surface area contributed by atoms with Gasteiger partial charge < -0.3 is 9.88 Å². The van der Waals surface area contributed by atoms with Crippen LogP contribution in [-0.2, 0) is 7.05 Å². The van der Waals surface area contributed by atoms with Crippen LogP contribution in [0.5, 0.6) is 0 Å². The van der Waals surface area contributed by atoms with Crippen LogP contribution in [0.25, 0.3) is 0 Å². The van der Waals surface area contributed by atoms with Crippen molar-refractivity contribution >= 4 is 17.4 Å². The highest BCUT2D eigenvalue weighted by Crippen LogP contribution is 1.98. The lowest BCUT2D eigenvalue weighted by Crippen LogP contribution is -2.21. The van der Waals surface area contributed by atoms with Crippen molar-refractivity contribution in [1.29, 1.82) is 0 Å². The second-order valence-electron chi connectivity index (χ2n) is 2.76. The first-order valence-electron chi connectivity index (χ1n) is 4.14. The van der Waals surface area contributed by atoms with E-state index in [0.29, 0.717) is 5.69 Å². The Bertz CT molecular complexity index is 322. The zero-order valence-corrected chi connectivity index (χ0v) is 8.73. The van der Waals surface area contributed by atoms with Crippen molar-refractivity contribution in [3.63, 3.8) is 0 Å². The Labute approximate surface area is 82.2 Å². The number of hydrogen-bond donors (Lipinski definition) is 1. The van der Waals surface area contributed by atoms with E-state index in [0.717, 1.165) is 12.3 Å². The number of pyridine rings is 1. The molecule has 72 valence electrons. The average molecular weight is 198 g/mol. The summed E-state index contributed by atoms with van der Waals surface area (Å²) in [6.45, 7) is 0.834. The standard InChI is InChI=1S/C9H14N2OS/c1-11-6-3-4-8(9(11)12)10-5-7-13-2/h3-4,6,10H,5,7H2,1-2H3. The quantitative estimate of drug-likeness (QED) is 0.737. The van der Waals surface area contributed by atoms with Gasteiger partial charge in [-0.2, -0.15) is 11.8 Å². The SMILES string of the molecule is CSCCNc1cccn(C)c1=O. The maximum Gasteiger partial charge on any atom is 0.273 e. The molecule has 0 aliphatic rings. The van der Waals surface area contributed by atoms with Gasteiger partial charge in [-0.25, -0.2) is 0 Å². The fourth-order valence-corrected chi connectivity index (χ4v) is 1.33. The van der Waals surface area contributed by atoms with Crippen molar-refractivity contribution in [2.45, 2.75) is 0 Å². The highest BCUT2D eigenvalue weighted by Gasteiger charge is 1.97. The molecule has 4 heteroatoms. The van der Waals surface area contributed by atoms with E-state index >= 15 is 0 Å². The van der Waals surface area contributed by atoms with Crippen molar-refractivity contribution in [1.82, 2.24) is 4.57 Å². The summed E-state index contributed by atoms with van der Waals surface area (Å²) >= 11 is 1.76. The van der Waals surface area contributed by atoms with Crippen molar-refractivity contribution in [2.24, 2.45) is 7.05 Å². The lowest BCUT2D eigenvalue weighted by Gasteiger charge is -2.05. The van der Waals surface area contributed by atoms with Gasteiger partial charge in [0.15, 0.2) is 0 Å². The van der Waals surface area contributed by atoms with E-state index in [4.69, 9.17) is 0 Å². The minimum Gasteiger partial charge on any atom is -0.380 e. The molecule has 0 saturated heterocycles. The molecule has 0 unspecified atom stereocenters. The summed E-state index contributed by atoms with van der Waals surface area (Å²) in [5.74, 6) is 1.01. The number of anilines is 1. The van der Waals surface area contributed by atoms with Gasteiger partial charge in [-0.1, -0.05) is 0 Å². The molecule has 0 fully saturated rings. The zero-order valence-electron chi connectivity index (χ0n) is 7.91. The van der Waals surface area contributed by atoms with Crippen molar-refractivity contribution in [3.05, 3.63) is 28.7 Å². The smallest absolute Gasteiger partial charge is 0.273 e. The van der Waals surface area contributed by atoms with E-state index in [1.54, 1.807) is 29.6 Å². The lowest BCUT2D eigenvalue weighted by molar-refractivity contribution is 0.860. The van der Waals surface area contributed by atoms with Gasteiger partial charge in [-0.05, 0) is 18.4 Å². The van der Waals surface area contributed by atoms with Crippen molar-refractivity contribution in [2.75, 3.05) is 23.9 Å². The third-order valence-corrected chi connectivity index (χ3v) is 2.36. The molecule has 0 atom stereocenters. The second kappa shape index (κ2) is 4.97. The molecule has 0 aliphatic carbocycles. The molecule has 0 amide bonds. The summed E-state index contributed by atoms with van der Waals surface area (Å²) in [6, 6.07) is 3.67. The summed E-state index contributed by atoms with van der Waals surface area (Å²) in [6.07, 6.45) is 3.80. The summed E-state index contributed by atoms with van der Waals surface area (Å²) in [5.41, 5.74) is 0.711. The molecule has 0 aliphatic heterocycles. The number of aryl methyl sites for hydroxylation is 1. The van der Waals surface area contributed by atoms with E-state index in [1.165, 1.54) is 0 Å². The predicted octanol–water partition coefficient (Wildman–Crippen LogP) is 1.16. The van der Waals surface area contributed by atoms with Crippen molar-refractivity contribution < 1.29 is 0 Å². The number of hydrogen-bond acceptors (Lipinski definition) is 3. The molecule has 0 radical (unpaired) electrons. The number of thioether (sulfide) groups is 1. The lowest BCUT2D eigenvalue weighted by atomic mass is 10.4. The molecule has 0 aromatic carbocycles. The first-order chi connectivity index (χ1) is 6.25. The maximum absolute atomic E-state index is 11.5. The summed E-state index contributed by atoms with van der Waals surface area (Å²) < 4.78 is 1.57. The molecule has 0 bridgehead atoms. The van der Waals surface area contributed by atoms with Gasteiger partial charge in [-0.3, -0.25) is 4.79 Å². The Morgan fingerprint density at radius 1 is 1.62 bits per heavy atom. The van der Waals surface area contributed by atoms with Gasteiger partial charge in [0, 0.05) is 25.5 Å². The van der Waals surface area contributed by atoms with Crippen LogP contribution >= 0.6 is 11.8 Å². The summed E-state index contributed by atoms with van der Waals surface area (Å²) in [4.78, 5) is 11.5. The third kappa shape index (κ3) is 2.81. The van der Waals surface area contributed by atoms with E-state index in [2.05, 4.69) is 5.32 Å². The third-order valence-electron chi connectivity index (χ3n) is 1.74. The predicted molar refractivity (Wildman–Crippen MR) is 58.6 cm³/mol. The normalized spacial score (nSPS) is 10.0. The highest BCUT2D eigenvalue weighted by molar-refractivity contribution is 7.98. The van der Waals surface area contributed by atoms with Crippen molar-refractivity contribution in [3.8, 4) is 0 Å². The molecule has 1 aromatic heterocycles. The van der Waals surface area contributed by atoms with Crippen LogP contribution in [0.15, 0.2) is 23.1 Å². The molecule has 1 aromatic rings. The van der Waals surface area contributed by atoms with Crippen LogP contribution in [-0.4, -0.2) is 23.1 Å². The molecule has 0 spiro atoms. The van der Waals surface area contributed by atoms with E-state index in [-0.39, 0.29) is 5.56 Å². The van der Waals surface area contributed by atoms with Gasteiger partial charge in [0.05, 0.1) is 0 Å². The summed E-state index contributed by atoms with van der Waals surface area (Å²) in [7, 11) is 1.75. The first-order valence-corrected chi connectivity index (χ1v) is 5.53. The number of rotatable bonds is 4. The number of nitrogens with zero attached hydrogens (tertiary/aromatic N) is 1. The Morgan fingerprint density at radius 3 is 3.08 bits per heavy atom. The monoisotopic (exact) mass is 198 g/mol. The minimum absolute atomic E-state index is 0.0311. The van der Waals surface area contributed by atoms with Crippen LogP contribution in [0.4, 0.5) is 5.69 Å². The van der Waals surface area contributed by atoms with Gasteiger partial charge in [0.25, 0.3) is 5.56 Å². The number of aromatic nitrogens is 1. The van der Waals surface area contributed by atoms with Gasteiger partial charge in [0.2, 0.25) is 0 Å². The molecule has 1 rings (SSSR count). The Kier molecular flexibility index (Phi) is 3.89. The molecule has 3 nitrogen and oxygen atoms in total. The van der Waals surface area contributed by atoms with Gasteiger partial charge >= 0.3 is 0 Å². The Balaban J connectivity index is 2.67. The van der Waals surface area contributed by atoms with Crippen LogP contribution in [0.2, 0.25) is 0 Å². The zero-order chi connectivity index (χ0) is 9.68. The number of nitrogens with one attached hydrogen (secondary N) is 1. The van der Waals surface area contributed by atoms with Crippen LogP contribution in [0.1, 0.15) is 0 Å². The first kappa shape index (κ1) is 10.2. The Morgan fingerprint density at radius 2 is 2.38 bits per heavy atom. The molecule has 0 saturated carbocycles. The largest absolute Gasteiger partial charge is 0.380 e. The van der Waals surface area contributed by atoms with E-state index < -0.39 is 0 Å². The molecular weight excluding hydrogens is 184 g/mol. The molecule has 13 heavy (non-hydrogen) atoms. The molecular formula is C9H14N2OS. The molecule has 1 heterocycles. The molecule has 1 N–H and O–H groups in total. The highest BCUT2D eigenvalue weighted by atomic mass is 32.2. The van der Waals surface area contributed by atoms with E-state index in [9.17, 15) is 4.79 Å². The van der Waals surface area contributed by atoms with Crippen LogP contribution < -0.4 is 10.9 Å².